The van der Waals surface area contributed by atoms with E-state index in [0.29, 0.717) is 17.8 Å². The molecule has 112 valence electrons. The normalized spacial score (nSPS) is 11.2. The molecule has 1 aromatic heterocycles. The van der Waals surface area contributed by atoms with Gasteiger partial charge in [-0.25, -0.2) is 9.78 Å². The smallest absolute Gasteiger partial charge is 0.356 e. The first kappa shape index (κ1) is 16.4. The molecule has 0 aliphatic carbocycles. The summed E-state index contributed by atoms with van der Waals surface area (Å²) in [6.07, 6.45) is 1.61. The fraction of sp³-hybridized carbons (Fsp3) is 0.600. The molecule has 1 aromatic rings. The van der Waals surface area contributed by atoms with Gasteiger partial charge in [0.2, 0.25) is 0 Å². The van der Waals surface area contributed by atoms with Gasteiger partial charge in [-0.05, 0) is 39.8 Å². The van der Waals surface area contributed by atoms with Crippen LogP contribution in [0.1, 0.15) is 38.2 Å². The summed E-state index contributed by atoms with van der Waals surface area (Å²) in [5.41, 5.74) is 1.20. The molecule has 5 heteroatoms. The zero-order valence-electron chi connectivity index (χ0n) is 13.0. The number of nitrogens with one attached hydrogen (secondary N) is 1. The summed E-state index contributed by atoms with van der Waals surface area (Å²) in [5.74, 6) is -0.417. The fourth-order valence-electron chi connectivity index (χ4n) is 2.20. The van der Waals surface area contributed by atoms with Crippen molar-refractivity contribution in [3.8, 4) is 0 Å². The molecule has 0 amide bonds. The van der Waals surface area contributed by atoms with Crippen molar-refractivity contribution < 1.29 is 9.53 Å². The summed E-state index contributed by atoms with van der Waals surface area (Å²) >= 11 is 0. The minimum absolute atomic E-state index is 0.321. The van der Waals surface area contributed by atoms with Gasteiger partial charge >= 0.3 is 5.97 Å². The van der Waals surface area contributed by atoms with Gasteiger partial charge in [-0.3, -0.25) is 4.90 Å². The van der Waals surface area contributed by atoms with Crippen LogP contribution < -0.4 is 5.32 Å². The number of pyridine rings is 1. The third-order valence-electron chi connectivity index (χ3n) is 3.18. The highest BCUT2D eigenvalue weighted by Crippen LogP contribution is 2.09. The molecule has 1 heterocycles. The molecule has 0 aromatic carbocycles. The first-order valence-electron chi connectivity index (χ1n) is 6.99. The van der Waals surface area contributed by atoms with Crippen molar-refractivity contribution in [2.75, 3.05) is 25.5 Å². The topological polar surface area (TPSA) is 54.5 Å². The molecule has 1 rings (SSSR count). The van der Waals surface area contributed by atoms with E-state index in [1.165, 1.54) is 7.11 Å². The second-order valence-corrected chi connectivity index (χ2v) is 5.27. The van der Waals surface area contributed by atoms with Gasteiger partial charge in [0, 0.05) is 37.1 Å². The van der Waals surface area contributed by atoms with E-state index in [-0.39, 0.29) is 0 Å². The van der Waals surface area contributed by atoms with Crippen LogP contribution in [0.4, 0.5) is 5.69 Å². The first-order chi connectivity index (χ1) is 9.45. The van der Waals surface area contributed by atoms with E-state index in [1.54, 1.807) is 12.3 Å². The van der Waals surface area contributed by atoms with E-state index in [4.69, 9.17) is 0 Å². The monoisotopic (exact) mass is 279 g/mol. The average molecular weight is 279 g/mol. The van der Waals surface area contributed by atoms with E-state index in [0.717, 1.165) is 18.8 Å². The Hall–Kier alpha value is -1.62. The number of aromatic nitrogens is 1. The van der Waals surface area contributed by atoms with Crippen molar-refractivity contribution in [1.82, 2.24) is 9.88 Å². The molecule has 0 fully saturated rings. The minimum Gasteiger partial charge on any atom is -0.464 e. The van der Waals surface area contributed by atoms with Gasteiger partial charge in [0.15, 0.2) is 0 Å². The van der Waals surface area contributed by atoms with E-state index in [9.17, 15) is 4.79 Å². The zero-order chi connectivity index (χ0) is 15.1. The lowest BCUT2D eigenvalue weighted by molar-refractivity contribution is 0.0594. The number of carbonyl (C=O) groups excluding carboxylic acids is 1. The predicted octanol–water partition coefficient (Wildman–Crippen LogP) is 2.40. The van der Waals surface area contributed by atoms with Gasteiger partial charge in [-0.15, -0.1) is 0 Å². The van der Waals surface area contributed by atoms with Crippen LogP contribution in [0, 0.1) is 0 Å². The van der Waals surface area contributed by atoms with Crippen LogP contribution in [0.3, 0.4) is 0 Å². The molecular weight excluding hydrogens is 254 g/mol. The van der Waals surface area contributed by atoms with Gasteiger partial charge in [0.05, 0.1) is 7.11 Å². The number of hydrogen-bond acceptors (Lipinski definition) is 5. The highest BCUT2D eigenvalue weighted by molar-refractivity contribution is 5.88. The van der Waals surface area contributed by atoms with Gasteiger partial charge in [-0.2, -0.15) is 0 Å². The molecule has 0 saturated carbocycles. The Morgan fingerprint density at radius 3 is 2.55 bits per heavy atom. The Balaban J connectivity index is 2.55. The Morgan fingerprint density at radius 2 is 2.00 bits per heavy atom. The fourth-order valence-corrected chi connectivity index (χ4v) is 2.20. The Bertz CT molecular complexity index is 425. The van der Waals surface area contributed by atoms with Crippen LogP contribution >= 0.6 is 0 Å². The number of nitrogens with zero attached hydrogens (tertiary/aromatic N) is 2. The van der Waals surface area contributed by atoms with Crippen LogP contribution in [0.25, 0.3) is 0 Å². The SMILES string of the molecule is COC(=O)c1cc(NCCN(C(C)C)C(C)C)ccn1. The van der Waals surface area contributed by atoms with Gasteiger partial charge in [0.25, 0.3) is 0 Å². The number of anilines is 1. The third kappa shape index (κ3) is 4.81. The van der Waals surface area contributed by atoms with Crippen molar-refractivity contribution >= 4 is 11.7 Å². The van der Waals surface area contributed by atoms with Crippen molar-refractivity contribution in [2.24, 2.45) is 0 Å². The van der Waals surface area contributed by atoms with E-state index >= 15 is 0 Å². The van der Waals surface area contributed by atoms with Crippen molar-refractivity contribution in [3.63, 3.8) is 0 Å². The molecule has 0 atom stereocenters. The molecule has 5 nitrogen and oxygen atoms in total. The summed E-state index contributed by atoms with van der Waals surface area (Å²) in [4.78, 5) is 17.8. The first-order valence-corrected chi connectivity index (χ1v) is 6.99. The molecule has 20 heavy (non-hydrogen) atoms. The maximum absolute atomic E-state index is 11.4. The number of esters is 1. The maximum atomic E-state index is 11.4. The molecule has 0 aliphatic heterocycles. The van der Waals surface area contributed by atoms with Crippen LogP contribution in [0.15, 0.2) is 18.3 Å². The van der Waals surface area contributed by atoms with Crippen LogP contribution in [0.2, 0.25) is 0 Å². The number of hydrogen-bond donors (Lipinski definition) is 1. The standard InChI is InChI=1S/C15H25N3O2/c1-11(2)18(12(3)4)9-8-16-13-6-7-17-14(10-13)15(19)20-5/h6-7,10-12H,8-9H2,1-5H3,(H,16,17). The maximum Gasteiger partial charge on any atom is 0.356 e. The molecule has 0 saturated heterocycles. The van der Waals surface area contributed by atoms with Crippen molar-refractivity contribution in [1.29, 1.82) is 0 Å². The number of methoxy groups -OCH3 is 1. The average Bonchev–Trinajstić information content (AvgIpc) is 2.42. The summed E-state index contributed by atoms with van der Waals surface area (Å²) in [6.45, 7) is 10.6. The molecule has 0 spiro atoms. The van der Waals surface area contributed by atoms with Gasteiger partial charge < -0.3 is 10.1 Å². The van der Waals surface area contributed by atoms with E-state index < -0.39 is 5.97 Å². The largest absolute Gasteiger partial charge is 0.464 e. The lowest BCUT2D eigenvalue weighted by atomic mass is 10.2. The molecule has 0 unspecified atom stereocenters. The number of rotatable bonds is 7. The third-order valence-corrected chi connectivity index (χ3v) is 3.18. The lowest BCUT2D eigenvalue weighted by Gasteiger charge is -2.30. The zero-order valence-corrected chi connectivity index (χ0v) is 13.0. The van der Waals surface area contributed by atoms with Crippen LogP contribution in [-0.4, -0.2) is 48.1 Å². The molecule has 0 bridgehead atoms. The lowest BCUT2D eigenvalue weighted by Crippen LogP contribution is -2.40. The number of ether oxygens (including phenoxy) is 1. The van der Waals surface area contributed by atoms with E-state index in [1.807, 2.05) is 6.07 Å². The Labute approximate surface area is 121 Å². The summed E-state index contributed by atoms with van der Waals surface area (Å²) in [7, 11) is 1.35. The Morgan fingerprint density at radius 1 is 1.35 bits per heavy atom. The predicted molar refractivity (Wildman–Crippen MR) is 81.0 cm³/mol. The molecule has 1 N–H and O–H groups in total. The summed E-state index contributed by atoms with van der Waals surface area (Å²) in [6, 6.07) is 4.59. The molecule has 0 radical (unpaired) electrons. The van der Waals surface area contributed by atoms with Crippen molar-refractivity contribution in [2.45, 2.75) is 39.8 Å². The highest BCUT2D eigenvalue weighted by atomic mass is 16.5. The van der Waals surface area contributed by atoms with E-state index in [2.05, 4.69) is 47.6 Å². The molecule has 0 aliphatic rings. The number of carbonyl (C=O) groups is 1. The second-order valence-electron chi connectivity index (χ2n) is 5.27. The van der Waals surface area contributed by atoms with Gasteiger partial charge in [0.1, 0.15) is 5.69 Å². The summed E-state index contributed by atoms with van der Waals surface area (Å²) in [5, 5.41) is 3.31. The van der Waals surface area contributed by atoms with Gasteiger partial charge in [-0.1, -0.05) is 0 Å². The second kappa shape index (κ2) is 7.85. The van der Waals surface area contributed by atoms with Crippen LogP contribution in [-0.2, 0) is 4.74 Å². The van der Waals surface area contributed by atoms with Crippen LogP contribution in [0.5, 0.6) is 0 Å². The summed E-state index contributed by atoms with van der Waals surface area (Å²) < 4.78 is 4.66. The Kier molecular flexibility index (Phi) is 6.45. The highest BCUT2D eigenvalue weighted by Gasteiger charge is 2.12. The quantitative estimate of drug-likeness (QED) is 0.777. The van der Waals surface area contributed by atoms with Crippen molar-refractivity contribution in [3.05, 3.63) is 24.0 Å². The molecular formula is C15H25N3O2. The minimum atomic E-state index is -0.417.